The fourth-order valence-corrected chi connectivity index (χ4v) is 2.49. The number of rotatable bonds is 3. The first kappa shape index (κ1) is 16.4. The van der Waals surface area contributed by atoms with Crippen LogP contribution in [-0.4, -0.2) is 55.2 Å². The van der Waals surface area contributed by atoms with Gasteiger partial charge in [-0.1, -0.05) is 0 Å². The minimum atomic E-state index is -3.67. The van der Waals surface area contributed by atoms with Gasteiger partial charge in [-0.05, 0) is 27.7 Å². The van der Waals surface area contributed by atoms with Crippen LogP contribution < -0.4 is 10.9 Å². The second-order valence-electron chi connectivity index (χ2n) is 6.08. The van der Waals surface area contributed by atoms with Crippen molar-refractivity contribution >= 4 is 16.1 Å². The van der Waals surface area contributed by atoms with Crippen LogP contribution in [0.4, 0.5) is 0 Å². The van der Waals surface area contributed by atoms with E-state index in [1.165, 1.54) is 4.31 Å². The highest BCUT2D eigenvalue weighted by Gasteiger charge is 2.43. The van der Waals surface area contributed by atoms with Gasteiger partial charge in [0.15, 0.2) is 0 Å². The molecule has 4 N–H and O–H groups in total. The highest BCUT2D eigenvalue weighted by molar-refractivity contribution is 7.86. The van der Waals surface area contributed by atoms with Crippen LogP contribution in [0.5, 0.6) is 0 Å². The van der Waals surface area contributed by atoms with Gasteiger partial charge in [-0.25, -0.2) is 5.14 Å². The zero-order valence-corrected chi connectivity index (χ0v) is 12.8. The van der Waals surface area contributed by atoms with Crippen LogP contribution in [0.25, 0.3) is 0 Å². The van der Waals surface area contributed by atoms with Crippen molar-refractivity contribution in [1.29, 1.82) is 0 Å². The van der Waals surface area contributed by atoms with Crippen molar-refractivity contribution < 1.29 is 13.2 Å². The number of carbonyl (C=O) groups is 1. The van der Waals surface area contributed by atoms with E-state index in [4.69, 9.17) is 10.9 Å². The Morgan fingerprint density at radius 3 is 1.79 bits per heavy atom. The van der Waals surface area contributed by atoms with Crippen molar-refractivity contribution in [2.45, 2.75) is 33.2 Å². The maximum absolute atomic E-state index is 12.5. The van der Waals surface area contributed by atoms with E-state index >= 15 is 0 Å². The third-order valence-corrected chi connectivity index (χ3v) is 5.12. The molecule has 0 radical (unpaired) electrons. The van der Waals surface area contributed by atoms with Gasteiger partial charge >= 0.3 is 0 Å². The summed E-state index contributed by atoms with van der Waals surface area (Å²) in [6.45, 7) is 8.38. The number of amides is 1. The first-order valence-electron chi connectivity index (χ1n) is 6.23. The minimum Gasteiger partial charge on any atom is -0.340 e. The molecule has 0 bridgehead atoms. The molecule has 0 aromatic rings. The summed E-state index contributed by atoms with van der Waals surface area (Å²) in [4.78, 5) is 14.1. The summed E-state index contributed by atoms with van der Waals surface area (Å²) < 4.78 is 23.6. The van der Waals surface area contributed by atoms with Crippen LogP contribution in [0.15, 0.2) is 0 Å². The molecule has 0 saturated carbocycles. The quantitative estimate of drug-likeness (QED) is 0.702. The summed E-state index contributed by atoms with van der Waals surface area (Å²) in [6.07, 6.45) is 0. The Morgan fingerprint density at radius 1 is 1.05 bits per heavy atom. The molecule has 8 heteroatoms. The molecule has 1 rings (SSSR count). The smallest absolute Gasteiger partial charge is 0.277 e. The number of piperazine rings is 1. The summed E-state index contributed by atoms with van der Waals surface area (Å²) in [5.41, 5.74) is 4.68. The molecular formula is C11H24N4O3S. The van der Waals surface area contributed by atoms with Gasteiger partial charge < -0.3 is 10.6 Å². The third-order valence-electron chi connectivity index (χ3n) is 4.03. The Hall–Kier alpha value is -0.700. The molecule has 1 aliphatic rings. The summed E-state index contributed by atoms with van der Waals surface area (Å²) in [7, 11) is -3.67. The molecule has 1 heterocycles. The average molecular weight is 292 g/mol. The minimum absolute atomic E-state index is 0.0610. The van der Waals surface area contributed by atoms with Crippen molar-refractivity contribution in [3.8, 4) is 0 Å². The molecule has 0 spiro atoms. The number of hydrogen-bond acceptors (Lipinski definition) is 4. The lowest BCUT2D eigenvalue weighted by atomic mass is 9.74. The third kappa shape index (κ3) is 3.44. The molecule has 19 heavy (non-hydrogen) atoms. The standard InChI is InChI=1S/C11H24N4O3S/c1-10(2,11(3,4)12)9(16)14-5-7-15(8-6-14)19(13,17)18/h5-8,12H2,1-4H3,(H2,13,17,18). The first-order chi connectivity index (χ1) is 8.37. The van der Waals surface area contributed by atoms with Crippen LogP contribution in [0.1, 0.15) is 27.7 Å². The zero-order valence-electron chi connectivity index (χ0n) is 12.0. The molecular weight excluding hydrogens is 268 g/mol. The van der Waals surface area contributed by atoms with E-state index in [0.29, 0.717) is 13.1 Å². The van der Waals surface area contributed by atoms with Gasteiger partial charge in [0.25, 0.3) is 10.2 Å². The maximum atomic E-state index is 12.5. The molecule has 0 aromatic carbocycles. The second-order valence-corrected chi connectivity index (χ2v) is 7.63. The van der Waals surface area contributed by atoms with E-state index in [0.717, 1.165) is 0 Å². The monoisotopic (exact) mass is 292 g/mol. The molecule has 1 amide bonds. The van der Waals surface area contributed by atoms with Crippen LogP contribution in [-0.2, 0) is 15.0 Å². The Labute approximate surface area is 115 Å². The van der Waals surface area contributed by atoms with Gasteiger partial charge in [0, 0.05) is 31.7 Å². The second kappa shape index (κ2) is 5.01. The van der Waals surface area contributed by atoms with Crippen LogP contribution >= 0.6 is 0 Å². The van der Waals surface area contributed by atoms with E-state index in [1.807, 2.05) is 13.8 Å². The number of hydrogen-bond donors (Lipinski definition) is 2. The Bertz CT molecular complexity index is 445. The number of nitrogens with two attached hydrogens (primary N) is 2. The van der Waals surface area contributed by atoms with Gasteiger partial charge in [0.1, 0.15) is 0 Å². The van der Waals surface area contributed by atoms with E-state index in [1.54, 1.807) is 18.7 Å². The summed E-state index contributed by atoms with van der Waals surface area (Å²) in [5, 5.41) is 5.06. The SMILES string of the molecule is CC(C)(N)C(C)(C)C(=O)N1CCN(S(N)(=O)=O)CC1. The zero-order chi connectivity index (χ0) is 15.1. The lowest BCUT2D eigenvalue weighted by Crippen LogP contribution is -2.60. The topological polar surface area (TPSA) is 110 Å². The first-order valence-corrected chi connectivity index (χ1v) is 7.74. The molecule has 1 fully saturated rings. The Kier molecular flexibility index (Phi) is 4.31. The number of carbonyl (C=O) groups excluding carboxylic acids is 1. The van der Waals surface area contributed by atoms with Gasteiger partial charge in [-0.2, -0.15) is 12.7 Å². The Morgan fingerprint density at radius 2 is 1.47 bits per heavy atom. The fraction of sp³-hybridized carbons (Fsp3) is 0.909. The van der Waals surface area contributed by atoms with Gasteiger partial charge in [-0.15, -0.1) is 0 Å². The predicted octanol–water partition coefficient (Wildman–Crippen LogP) is -0.902. The van der Waals surface area contributed by atoms with E-state index in [2.05, 4.69) is 0 Å². The highest BCUT2D eigenvalue weighted by atomic mass is 32.2. The molecule has 112 valence electrons. The van der Waals surface area contributed by atoms with E-state index in [-0.39, 0.29) is 19.0 Å². The molecule has 0 aliphatic carbocycles. The largest absolute Gasteiger partial charge is 0.340 e. The van der Waals surface area contributed by atoms with Crippen LogP contribution in [0, 0.1) is 5.41 Å². The molecule has 1 aliphatic heterocycles. The van der Waals surface area contributed by atoms with Crippen molar-refractivity contribution in [3.63, 3.8) is 0 Å². The van der Waals surface area contributed by atoms with Crippen LogP contribution in [0.3, 0.4) is 0 Å². The van der Waals surface area contributed by atoms with Crippen molar-refractivity contribution in [1.82, 2.24) is 9.21 Å². The van der Waals surface area contributed by atoms with Gasteiger partial charge in [-0.3, -0.25) is 4.79 Å². The summed E-state index contributed by atoms with van der Waals surface area (Å²) in [6, 6.07) is 0. The van der Waals surface area contributed by atoms with E-state index in [9.17, 15) is 13.2 Å². The molecule has 1 saturated heterocycles. The molecule has 0 aromatic heterocycles. The maximum Gasteiger partial charge on any atom is 0.277 e. The molecule has 0 atom stereocenters. The predicted molar refractivity (Wildman–Crippen MR) is 73.3 cm³/mol. The van der Waals surface area contributed by atoms with Gasteiger partial charge in [0.2, 0.25) is 5.91 Å². The van der Waals surface area contributed by atoms with Gasteiger partial charge in [0.05, 0.1) is 5.41 Å². The summed E-state index contributed by atoms with van der Waals surface area (Å²) in [5.74, 6) is -0.0610. The van der Waals surface area contributed by atoms with Crippen molar-refractivity contribution in [3.05, 3.63) is 0 Å². The number of nitrogens with zero attached hydrogens (tertiary/aromatic N) is 2. The lowest BCUT2D eigenvalue weighted by Gasteiger charge is -2.43. The Balaban J connectivity index is 2.74. The highest BCUT2D eigenvalue weighted by Crippen LogP contribution is 2.31. The molecule has 0 unspecified atom stereocenters. The average Bonchev–Trinajstić information content (AvgIpc) is 2.25. The fourth-order valence-electron chi connectivity index (χ4n) is 1.82. The normalized spacial score (nSPS) is 19.6. The van der Waals surface area contributed by atoms with Crippen molar-refractivity contribution in [2.24, 2.45) is 16.3 Å². The molecule has 7 nitrogen and oxygen atoms in total. The summed E-state index contributed by atoms with van der Waals surface area (Å²) >= 11 is 0. The van der Waals surface area contributed by atoms with Crippen molar-refractivity contribution in [2.75, 3.05) is 26.2 Å². The van der Waals surface area contributed by atoms with Crippen LogP contribution in [0.2, 0.25) is 0 Å². The van der Waals surface area contributed by atoms with E-state index < -0.39 is 21.2 Å². The lowest BCUT2D eigenvalue weighted by molar-refractivity contribution is -0.144.